The van der Waals surface area contributed by atoms with Crippen LogP contribution in [0.15, 0.2) is 27.5 Å². The summed E-state index contributed by atoms with van der Waals surface area (Å²) in [5.74, 6) is 1.88. The van der Waals surface area contributed by atoms with E-state index in [4.69, 9.17) is 21.8 Å². The van der Waals surface area contributed by atoms with Gasteiger partial charge in [-0.3, -0.25) is 0 Å². The number of anilines is 1. The molecule has 0 unspecified atom stereocenters. The van der Waals surface area contributed by atoms with Gasteiger partial charge in [-0.1, -0.05) is 18.5 Å². The van der Waals surface area contributed by atoms with Crippen LogP contribution >= 0.6 is 23.4 Å². The third-order valence-corrected chi connectivity index (χ3v) is 3.44. The van der Waals surface area contributed by atoms with Gasteiger partial charge in [-0.15, -0.1) is 22.0 Å². The molecule has 0 radical (unpaired) electrons. The van der Waals surface area contributed by atoms with Gasteiger partial charge in [0.2, 0.25) is 11.8 Å². The van der Waals surface area contributed by atoms with Crippen LogP contribution in [0.5, 0.6) is 0 Å². The number of benzene rings is 1. The number of aryl methyl sites for hydroxylation is 1. The monoisotopic (exact) mass is 269 g/mol. The predicted molar refractivity (Wildman–Crippen MR) is 69.1 cm³/mol. The molecule has 17 heavy (non-hydrogen) atoms. The van der Waals surface area contributed by atoms with Gasteiger partial charge in [0.05, 0.1) is 5.75 Å². The van der Waals surface area contributed by atoms with E-state index in [9.17, 15) is 0 Å². The molecule has 0 aliphatic heterocycles. The molecule has 0 saturated carbocycles. The zero-order valence-corrected chi connectivity index (χ0v) is 10.9. The molecule has 1 heterocycles. The minimum Gasteiger partial charge on any atom is -0.424 e. The summed E-state index contributed by atoms with van der Waals surface area (Å²) in [6.07, 6.45) is 0.751. The van der Waals surface area contributed by atoms with Gasteiger partial charge < -0.3 is 10.2 Å². The Morgan fingerprint density at radius 2 is 2.12 bits per heavy atom. The van der Waals surface area contributed by atoms with E-state index in [1.165, 1.54) is 0 Å². The maximum atomic E-state index is 5.84. The van der Waals surface area contributed by atoms with Gasteiger partial charge in [0.15, 0.2) is 0 Å². The van der Waals surface area contributed by atoms with Crippen molar-refractivity contribution in [3.8, 4) is 0 Å². The molecule has 0 fully saturated rings. The van der Waals surface area contributed by atoms with Crippen LogP contribution in [0.1, 0.15) is 18.7 Å². The summed E-state index contributed by atoms with van der Waals surface area (Å²) in [6, 6.07) is 5.43. The summed E-state index contributed by atoms with van der Waals surface area (Å²) >= 11 is 7.38. The van der Waals surface area contributed by atoms with Crippen molar-refractivity contribution < 1.29 is 4.42 Å². The molecule has 0 aliphatic rings. The smallest absolute Gasteiger partial charge is 0.226 e. The standard InChI is InChI=1S/C11H12ClN3OS/c1-2-10-14-15-11(16-10)6-17-9-4-3-7(12)5-8(9)13/h3-5H,2,6,13H2,1H3. The summed E-state index contributed by atoms with van der Waals surface area (Å²) in [5, 5.41) is 8.48. The zero-order chi connectivity index (χ0) is 12.3. The number of nitrogen functional groups attached to an aromatic ring is 1. The van der Waals surface area contributed by atoms with Gasteiger partial charge in [-0.05, 0) is 18.2 Å². The van der Waals surface area contributed by atoms with Gasteiger partial charge >= 0.3 is 0 Å². The third kappa shape index (κ3) is 3.14. The first-order valence-corrected chi connectivity index (χ1v) is 6.54. The first kappa shape index (κ1) is 12.3. The van der Waals surface area contributed by atoms with Crippen LogP contribution in [-0.4, -0.2) is 10.2 Å². The molecule has 0 spiro atoms. The predicted octanol–water partition coefficient (Wildman–Crippen LogP) is 3.16. The molecule has 6 heteroatoms. The lowest BCUT2D eigenvalue weighted by atomic mass is 10.3. The number of aromatic nitrogens is 2. The Hall–Kier alpha value is -1.20. The van der Waals surface area contributed by atoms with Crippen molar-refractivity contribution in [2.75, 3.05) is 5.73 Å². The highest BCUT2D eigenvalue weighted by molar-refractivity contribution is 7.98. The molecule has 0 bridgehead atoms. The molecule has 1 aromatic heterocycles. The second-order valence-electron chi connectivity index (χ2n) is 3.41. The van der Waals surface area contributed by atoms with E-state index in [2.05, 4.69) is 10.2 Å². The fourth-order valence-electron chi connectivity index (χ4n) is 1.28. The van der Waals surface area contributed by atoms with Gasteiger partial charge in [0, 0.05) is 22.0 Å². The lowest BCUT2D eigenvalue weighted by Gasteiger charge is -2.03. The van der Waals surface area contributed by atoms with Gasteiger partial charge in [-0.2, -0.15) is 0 Å². The first-order valence-electron chi connectivity index (χ1n) is 5.18. The fourth-order valence-corrected chi connectivity index (χ4v) is 2.25. The van der Waals surface area contributed by atoms with Gasteiger partial charge in [-0.25, -0.2) is 0 Å². The van der Waals surface area contributed by atoms with Crippen LogP contribution < -0.4 is 5.73 Å². The van der Waals surface area contributed by atoms with E-state index in [1.54, 1.807) is 17.8 Å². The first-order chi connectivity index (χ1) is 8.19. The number of rotatable bonds is 4. The Labute approximate surface area is 109 Å². The van der Waals surface area contributed by atoms with Crippen molar-refractivity contribution >= 4 is 29.1 Å². The zero-order valence-electron chi connectivity index (χ0n) is 9.31. The van der Waals surface area contributed by atoms with E-state index in [1.807, 2.05) is 19.1 Å². The quantitative estimate of drug-likeness (QED) is 0.682. The lowest BCUT2D eigenvalue weighted by molar-refractivity contribution is 0.470. The topological polar surface area (TPSA) is 64.9 Å². The molecule has 1 aromatic carbocycles. The Morgan fingerprint density at radius 3 is 2.76 bits per heavy atom. The Morgan fingerprint density at radius 1 is 1.35 bits per heavy atom. The van der Waals surface area contributed by atoms with Crippen molar-refractivity contribution in [3.05, 3.63) is 35.0 Å². The Bertz CT molecular complexity index is 515. The number of hydrogen-bond acceptors (Lipinski definition) is 5. The molecule has 2 rings (SSSR count). The molecular formula is C11H12ClN3OS. The van der Waals surface area contributed by atoms with Crippen LogP contribution in [0.4, 0.5) is 5.69 Å². The molecule has 2 aromatic rings. The molecular weight excluding hydrogens is 258 g/mol. The number of nitrogens with zero attached hydrogens (tertiary/aromatic N) is 2. The van der Waals surface area contributed by atoms with E-state index in [0.717, 1.165) is 11.3 Å². The summed E-state index contributed by atoms with van der Waals surface area (Å²) < 4.78 is 5.41. The molecule has 90 valence electrons. The van der Waals surface area contributed by atoms with E-state index in [0.29, 0.717) is 28.2 Å². The SMILES string of the molecule is CCc1nnc(CSc2ccc(Cl)cc2N)o1. The largest absolute Gasteiger partial charge is 0.424 e. The van der Waals surface area contributed by atoms with Gasteiger partial charge in [0.25, 0.3) is 0 Å². The molecule has 0 saturated heterocycles. The molecule has 0 atom stereocenters. The average Bonchev–Trinajstić information content (AvgIpc) is 2.76. The molecule has 2 N–H and O–H groups in total. The normalized spacial score (nSPS) is 10.7. The lowest BCUT2D eigenvalue weighted by Crippen LogP contribution is -1.89. The minimum absolute atomic E-state index is 0.610. The van der Waals surface area contributed by atoms with Crippen molar-refractivity contribution in [1.29, 1.82) is 0 Å². The summed E-state index contributed by atoms with van der Waals surface area (Å²) in [4.78, 5) is 0.964. The minimum atomic E-state index is 0.610. The number of thioether (sulfide) groups is 1. The Balaban J connectivity index is 2.02. The number of hydrogen-bond donors (Lipinski definition) is 1. The number of nitrogens with two attached hydrogens (primary N) is 1. The summed E-state index contributed by atoms with van der Waals surface area (Å²) in [7, 11) is 0. The van der Waals surface area contributed by atoms with Crippen LogP contribution in [0.2, 0.25) is 5.02 Å². The average molecular weight is 270 g/mol. The fraction of sp³-hybridized carbons (Fsp3) is 0.273. The van der Waals surface area contributed by atoms with Crippen LogP contribution in [0.25, 0.3) is 0 Å². The van der Waals surface area contributed by atoms with E-state index in [-0.39, 0.29) is 0 Å². The van der Waals surface area contributed by atoms with Crippen molar-refractivity contribution in [3.63, 3.8) is 0 Å². The maximum Gasteiger partial charge on any atom is 0.226 e. The second-order valence-corrected chi connectivity index (χ2v) is 4.87. The second kappa shape index (κ2) is 5.42. The van der Waals surface area contributed by atoms with E-state index >= 15 is 0 Å². The van der Waals surface area contributed by atoms with Gasteiger partial charge in [0.1, 0.15) is 0 Å². The molecule has 0 aliphatic carbocycles. The highest BCUT2D eigenvalue weighted by atomic mass is 35.5. The summed E-state index contributed by atoms with van der Waals surface area (Å²) in [6.45, 7) is 1.97. The molecule has 0 amide bonds. The third-order valence-electron chi connectivity index (χ3n) is 2.13. The number of halogens is 1. The highest BCUT2D eigenvalue weighted by Gasteiger charge is 2.07. The highest BCUT2D eigenvalue weighted by Crippen LogP contribution is 2.29. The van der Waals surface area contributed by atoms with Crippen LogP contribution in [0.3, 0.4) is 0 Å². The Kier molecular flexibility index (Phi) is 3.91. The van der Waals surface area contributed by atoms with Crippen molar-refractivity contribution in [2.45, 2.75) is 24.0 Å². The molecule has 4 nitrogen and oxygen atoms in total. The van der Waals surface area contributed by atoms with Crippen LogP contribution in [0, 0.1) is 0 Å². The van der Waals surface area contributed by atoms with E-state index < -0.39 is 0 Å². The van der Waals surface area contributed by atoms with Crippen molar-refractivity contribution in [1.82, 2.24) is 10.2 Å². The summed E-state index contributed by atoms with van der Waals surface area (Å²) in [5.41, 5.74) is 6.51. The van der Waals surface area contributed by atoms with Crippen molar-refractivity contribution in [2.24, 2.45) is 0 Å². The van der Waals surface area contributed by atoms with Crippen LogP contribution in [-0.2, 0) is 12.2 Å². The maximum absolute atomic E-state index is 5.84.